The van der Waals surface area contributed by atoms with E-state index in [-0.39, 0.29) is 23.9 Å². The van der Waals surface area contributed by atoms with Crippen LogP contribution in [0, 0.1) is 18.7 Å². The number of carbonyl (C=O) groups is 2. The Morgan fingerprint density at radius 2 is 1.88 bits per heavy atom. The van der Waals surface area contributed by atoms with Crippen molar-refractivity contribution in [2.24, 2.45) is 13.0 Å². The van der Waals surface area contributed by atoms with E-state index in [1.165, 1.54) is 35.6 Å². The lowest BCUT2D eigenvalue weighted by Gasteiger charge is -2.30. The van der Waals surface area contributed by atoms with Gasteiger partial charge in [-0.3, -0.25) is 20.4 Å². The molecule has 0 spiro atoms. The highest BCUT2D eigenvalue weighted by molar-refractivity contribution is 7.89. The van der Waals surface area contributed by atoms with Gasteiger partial charge < -0.3 is 9.30 Å². The number of hydrogen-bond donors (Lipinski definition) is 2. The molecule has 1 fully saturated rings. The molecule has 0 saturated carbocycles. The fourth-order valence-corrected chi connectivity index (χ4v) is 4.75. The number of benzene rings is 1. The van der Waals surface area contributed by atoms with Crippen LogP contribution in [0.1, 0.15) is 25.6 Å². The van der Waals surface area contributed by atoms with Gasteiger partial charge in [0.2, 0.25) is 5.91 Å². The van der Waals surface area contributed by atoms with Gasteiger partial charge in [0.15, 0.2) is 22.7 Å². The molecular formula is C20H26FN5O5S. The summed E-state index contributed by atoms with van der Waals surface area (Å²) < 4.78 is 47.3. The number of amides is 2. The fraction of sp³-hybridized carbons (Fsp3) is 0.450. The van der Waals surface area contributed by atoms with Crippen LogP contribution >= 0.6 is 0 Å². The highest BCUT2D eigenvalue weighted by Gasteiger charge is 2.33. The molecule has 1 saturated heterocycles. The van der Waals surface area contributed by atoms with E-state index in [9.17, 15) is 22.4 Å². The molecule has 1 aromatic carbocycles. The molecule has 2 heterocycles. The van der Waals surface area contributed by atoms with Gasteiger partial charge in [-0.1, -0.05) is 12.1 Å². The monoisotopic (exact) mass is 467 g/mol. The topological polar surface area (TPSA) is 123 Å². The van der Waals surface area contributed by atoms with Crippen LogP contribution in [-0.2, 0) is 26.7 Å². The van der Waals surface area contributed by atoms with Crippen LogP contribution in [0.25, 0.3) is 0 Å². The van der Waals surface area contributed by atoms with Crippen molar-refractivity contribution in [3.63, 3.8) is 0 Å². The smallest absolute Gasteiger partial charge is 0.279 e. The minimum atomic E-state index is -3.73. The van der Waals surface area contributed by atoms with E-state index in [1.807, 2.05) is 0 Å². The minimum absolute atomic E-state index is 0.0171. The van der Waals surface area contributed by atoms with Crippen LogP contribution in [0.5, 0.6) is 5.75 Å². The molecule has 174 valence electrons. The van der Waals surface area contributed by atoms with E-state index >= 15 is 0 Å². The van der Waals surface area contributed by atoms with Gasteiger partial charge in [0.05, 0.1) is 0 Å². The maximum Gasteiger partial charge on any atom is 0.279 e. The summed E-state index contributed by atoms with van der Waals surface area (Å²) in [5, 5.41) is -0.0171. The number of imidazole rings is 1. The molecule has 12 heteroatoms. The second kappa shape index (κ2) is 9.65. The lowest BCUT2D eigenvalue weighted by atomic mass is 9.98. The van der Waals surface area contributed by atoms with E-state index < -0.39 is 39.7 Å². The number of sulfonamides is 1. The number of ether oxygens (including phenoxy) is 1. The second-order valence-corrected chi connectivity index (χ2v) is 9.47. The molecule has 0 radical (unpaired) electrons. The zero-order valence-corrected chi connectivity index (χ0v) is 18.9. The Bertz CT molecular complexity index is 1080. The molecule has 10 nitrogen and oxygen atoms in total. The largest absolute Gasteiger partial charge is 0.478 e. The average Bonchev–Trinajstić information content (AvgIpc) is 3.12. The summed E-state index contributed by atoms with van der Waals surface area (Å²) in [5.74, 6) is -1.62. The highest BCUT2D eigenvalue weighted by atomic mass is 32.2. The minimum Gasteiger partial charge on any atom is -0.478 e. The molecule has 32 heavy (non-hydrogen) atoms. The Hall–Kier alpha value is -2.99. The number of para-hydroxylation sites is 1. The number of nitrogens with one attached hydrogen (secondary N) is 2. The van der Waals surface area contributed by atoms with Crippen LogP contribution in [0.15, 0.2) is 35.5 Å². The van der Waals surface area contributed by atoms with Crippen LogP contribution < -0.4 is 15.6 Å². The Kier molecular flexibility index (Phi) is 7.14. The van der Waals surface area contributed by atoms with Gasteiger partial charge >= 0.3 is 0 Å². The molecule has 3 rings (SSSR count). The summed E-state index contributed by atoms with van der Waals surface area (Å²) in [6, 6.07) is 5.68. The van der Waals surface area contributed by atoms with Crippen LogP contribution in [0.4, 0.5) is 4.39 Å². The Labute approximate surface area is 185 Å². The van der Waals surface area contributed by atoms with Crippen LogP contribution in [0.3, 0.4) is 0 Å². The molecule has 0 bridgehead atoms. The Morgan fingerprint density at radius 3 is 2.47 bits per heavy atom. The third kappa shape index (κ3) is 5.25. The zero-order valence-electron chi connectivity index (χ0n) is 18.0. The van der Waals surface area contributed by atoms with E-state index in [2.05, 4.69) is 15.8 Å². The molecule has 1 atom stereocenters. The van der Waals surface area contributed by atoms with Gasteiger partial charge in [0.1, 0.15) is 5.82 Å². The zero-order chi connectivity index (χ0) is 23.5. The van der Waals surface area contributed by atoms with Crippen molar-refractivity contribution in [1.82, 2.24) is 24.7 Å². The Balaban J connectivity index is 1.48. The molecule has 1 unspecified atom stereocenters. The van der Waals surface area contributed by atoms with Gasteiger partial charge in [0.25, 0.3) is 15.9 Å². The standard InChI is InChI=1S/C20H26FN5O5S/c1-13(31-17-7-5-4-6-16(17)21)19(27)23-24-20(28)15-8-10-26(11-9-15)32(29,30)18-12-25(3)14(2)22-18/h4-7,12-13,15H,8-11H2,1-3H3,(H,23,27)(H,24,28). The van der Waals surface area contributed by atoms with Gasteiger partial charge in [-0.2, -0.15) is 4.31 Å². The number of aromatic nitrogens is 2. The first kappa shape index (κ1) is 23.7. The summed E-state index contributed by atoms with van der Waals surface area (Å²) in [5.41, 5.74) is 4.60. The first-order valence-corrected chi connectivity index (χ1v) is 11.5. The number of hydrazine groups is 1. The lowest BCUT2D eigenvalue weighted by molar-refractivity contribution is -0.134. The summed E-state index contributed by atoms with van der Waals surface area (Å²) in [6.45, 7) is 3.47. The molecule has 2 N–H and O–H groups in total. The third-order valence-electron chi connectivity index (χ3n) is 5.33. The molecule has 0 aliphatic carbocycles. The second-order valence-electron chi connectivity index (χ2n) is 7.58. The van der Waals surface area contributed by atoms with E-state index in [0.29, 0.717) is 18.7 Å². The normalized spacial score (nSPS) is 16.4. The summed E-state index contributed by atoms with van der Waals surface area (Å²) >= 11 is 0. The quantitative estimate of drug-likeness (QED) is 0.608. The van der Waals surface area contributed by atoms with Crippen molar-refractivity contribution < 1.29 is 27.1 Å². The molecule has 2 aromatic rings. The predicted octanol–water partition coefficient (Wildman–Crippen LogP) is 0.883. The van der Waals surface area contributed by atoms with Crippen molar-refractivity contribution >= 4 is 21.8 Å². The highest BCUT2D eigenvalue weighted by Crippen LogP contribution is 2.23. The molecular weight excluding hydrogens is 441 g/mol. The van der Waals surface area contributed by atoms with Crippen molar-refractivity contribution in [3.05, 3.63) is 42.1 Å². The molecule has 1 aliphatic rings. The van der Waals surface area contributed by atoms with E-state index in [0.717, 1.165) is 0 Å². The van der Waals surface area contributed by atoms with Crippen molar-refractivity contribution in [1.29, 1.82) is 0 Å². The van der Waals surface area contributed by atoms with Gasteiger partial charge in [-0.05, 0) is 38.8 Å². The first-order chi connectivity index (χ1) is 15.1. The number of nitrogens with zero attached hydrogens (tertiary/aromatic N) is 3. The number of hydrogen-bond acceptors (Lipinski definition) is 6. The predicted molar refractivity (Wildman–Crippen MR) is 112 cm³/mol. The first-order valence-electron chi connectivity index (χ1n) is 10.1. The number of rotatable bonds is 6. The third-order valence-corrected chi connectivity index (χ3v) is 7.10. The molecule has 1 aliphatic heterocycles. The van der Waals surface area contributed by atoms with Gasteiger partial charge in [-0.15, -0.1) is 0 Å². The SMILES string of the molecule is Cc1nc(S(=O)(=O)N2CCC(C(=O)NNC(=O)C(C)Oc3ccccc3F)CC2)cn1C. The average molecular weight is 468 g/mol. The van der Waals surface area contributed by atoms with Crippen LogP contribution in [-0.4, -0.2) is 53.3 Å². The Morgan fingerprint density at radius 1 is 1.22 bits per heavy atom. The summed E-state index contributed by atoms with van der Waals surface area (Å²) in [6.07, 6.45) is 1.02. The number of piperidine rings is 1. The van der Waals surface area contributed by atoms with Crippen molar-refractivity contribution in [2.45, 2.75) is 37.8 Å². The maximum absolute atomic E-state index is 13.6. The number of carbonyl (C=O) groups excluding carboxylic acids is 2. The van der Waals surface area contributed by atoms with Crippen LogP contribution in [0.2, 0.25) is 0 Å². The number of halogens is 1. The van der Waals surface area contributed by atoms with Crippen molar-refractivity contribution in [2.75, 3.05) is 13.1 Å². The lowest BCUT2D eigenvalue weighted by Crippen LogP contribution is -2.51. The van der Waals surface area contributed by atoms with Crippen molar-refractivity contribution in [3.8, 4) is 5.75 Å². The number of aryl methyl sites for hydroxylation is 2. The van der Waals surface area contributed by atoms with Gasteiger partial charge in [-0.25, -0.2) is 17.8 Å². The summed E-state index contributed by atoms with van der Waals surface area (Å²) in [4.78, 5) is 28.6. The molecule has 2 amide bonds. The molecule has 1 aromatic heterocycles. The van der Waals surface area contributed by atoms with Gasteiger partial charge in [0, 0.05) is 32.3 Å². The summed E-state index contributed by atoms with van der Waals surface area (Å²) in [7, 11) is -2.01. The van der Waals surface area contributed by atoms with E-state index in [1.54, 1.807) is 24.6 Å². The van der Waals surface area contributed by atoms with E-state index in [4.69, 9.17) is 4.74 Å². The maximum atomic E-state index is 13.6. The fourth-order valence-electron chi connectivity index (χ4n) is 3.25.